The van der Waals surface area contributed by atoms with E-state index in [1.807, 2.05) is 43.8 Å². The Balaban J connectivity index is 1.70. The van der Waals surface area contributed by atoms with Crippen LogP contribution in [0, 0.1) is 20.8 Å². The van der Waals surface area contributed by atoms with Crippen molar-refractivity contribution in [1.82, 2.24) is 15.3 Å². The molecule has 1 aliphatic carbocycles. The zero-order valence-corrected chi connectivity index (χ0v) is 21.3. The predicted octanol–water partition coefficient (Wildman–Crippen LogP) is 5.51. The Kier molecular flexibility index (Phi) is 7.51. The van der Waals surface area contributed by atoms with Gasteiger partial charge in [0, 0.05) is 52.6 Å². The molecule has 0 saturated heterocycles. The molecule has 1 amide bonds. The zero-order chi connectivity index (χ0) is 24.2. The average Bonchev–Trinajstić information content (AvgIpc) is 3.35. The molecule has 0 radical (unpaired) electrons. The number of anilines is 1. The molecule has 6 nitrogen and oxygen atoms in total. The largest absolute Gasteiger partial charge is 0.369 e. The van der Waals surface area contributed by atoms with Gasteiger partial charge in [-0.05, 0) is 69.9 Å². The van der Waals surface area contributed by atoms with Crippen LogP contribution in [-0.2, 0) is 6.54 Å². The molecule has 1 aromatic carbocycles. The summed E-state index contributed by atoms with van der Waals surface area (Å²) >= 11 is 1.55. The molecule has 4 rings (SSSR count). The summed E-state index contributed by atoms with van der Waals surface area (Å²) in [6.07, 6.45) is 6.18. The third-order valence-corrected chi connectivity index (χ3v) is 7.52. The van der Waals surface area contributed by atoms with E-state index in [0.717, 1.165) is 40.3 Å². The fourth-order valence-electron chi connectivity index (χ4n) is 5.12. The van der Waals surface area contributed by atoms with E-state index in [-0.39, 0.29) is 18.0 Å². The lowest BCUT2D eigenvalue weighted by molar-refractivity contribution is 0.0950. The fraction of sp³-hybridized carbons (Fsp3) is 0.444. The van der Waals surface area contributed by atoms with Crippen LogP contribution in [0.3, 0.4) is 0 Å². The lowest BCUT2D eigenvalue weighted by Crippen LogP contribution is -2.37. The maximum atomic E-state index is 13.4. The number of hydrogen-bond acceptors (Lipinski definition) is 5. The summed E-state index contributed by atoms with van der Waals surface area (Å²) in [5, 5.41) is 5.01. The second-order valence-electron chi connectivity index (χ2n) is 9.25. The van der Waals surface area contributed by atoms with Crippen molar-refractivity contribution in [2.24, 2.45) is 0 Å². The summed E-state index contributed by atoms with van der Waals surface area (Å²) in [6.45, 7) is 9.07. The quantitative estimate of drug-likeness (QED) is 0.469. The van der Waals surface area contributed by atoms with Crippen LogP contribution in [0.5, 0.6) is 0 Å². The highest BCUT2D eigenvalue weighted by atomic mass is 32.1. The lowest BCUT2D eigenvalue weighted by Gasteiger charge is -2.37. The first-order chi connectivity index (χ1) is 16.4. The normalized spacial score (nSPS) is 14.2. The summed E-state index contributed by atoms with van der Waals surface area (Å²) < 4.78 is 0. The molecular formula is C27H34N4O2S. The van der Waals surface area contributed by atoms with Gasteiger partial charge < -0.3 is 15.2 Å². The van der Waals surface area contributed by atoms with Gasteiger partial charge in [0.05, 0.1) is 11.2 Å². The molecule has 34 heavy (non-hydrogen) atoms. The Bertz CT molecular complexity index is 1210. The highest BCUT2D eigenvalue weighted by molar-refractivity contribution is 7.07. The first-order valence-electron chi connectivity index (χ1n) is 12.2. The van der Waals surface area contributed by atoms with Crippen LogP contribution in [0.1, 0.15) is 71.8 Å². The third-order valence-electron chi connectivity index (χ3n) is 6.94. The van der Waals surface area contributed by atoms with E-state index in [1.54, 1.807) is 11.3 Å². The number of nitrogens with zero attached hydrogens (tertiary/aromatic N) is 2. The van der Waals surface area contributed by atoms with E-state index in [4.69, 9.17) is 0 Å². The average molecular weight is 479 g/mol. The number of aromatic amines is 1. The van der Waals surface area contributed by atoms with Gasteiger partial charge in [-0.25, -0.2) is 4.98 Å². The van der Waals surface area contributed by atoms with Crippen LogP contribution in [0.25, 0.3) is 11.3 Å². The first kappa shape index (κ1) is 24.2. The highest BCUT2D eigenvalue weighted by Gasteiger charge is 2.25. The second-order valence-corrected chi connectivity index (χ2v) is 9.96. The number of aryl methyl sites for hydroxylation is 2. The maximum absolute atomic E-state index is 13.4. The SMILES string of the molecule is CCN(c1cc(-c2cscn2)cc(C(=O)NCc2c(C)cc(C)[nH]c2=O)c1C)C1CCCCC1. The molecule has 0 bridgehead atoms. The van der Waals surface area contributed by atoms with Crippen molar-refractivity contribution in [2.45, 2.75) is 72.4 Å². The Labute approximate surface area is 205 Å². The molecule has 180 valence electrons. The number of aromatic nitrogens is 2. The van der Waals surface area contributed by atoms with Gasteiger partial charge >= 0.3 is 0 Å². The number of rotatable bonds is 7. The minimum absolute atomic E-state index is 0.152. The van der Waals surface area contributed by atoms with Gasteiger partial charge in [-0.3, -0.25) is 9.59 Å². The minimum Gasteiger partial charge on any atom is -0.369 e. The summed E-state index contributed by atoms with van der Waals surface area (Å²) in [5.41, 5.74) is 8.49. The molecule has 3 aromatic rings. The number of benzene rings is 1. The van der Waals surface area contributed by atoms with Crippen molar-refractivity contribution in [2.75, 3.05) is 11.4 Å². The van der Waals surface area contributed by atoms with Crippen molar-refractivity contribution >= 4 is 22.9 Å². The number of amides is 1. The molecule has 0 aliphatic heterocycles. The molecule has 2 heterocycles. The molecule has 1 fully saturated rings. The molecule has 1 aliphatic rings. The number of thiazole rings is 1. The van der Waals surface area contributed by atoms with Crippen LogP contribution in [0.15, 0.2) is 33.9 Å². The molecule has 0 atom stereocenters. The highest BCUT2D eigenvalue weighted by Crippen LogP contribution is 2.35. The molecule has 1 saturated carbocycles. The summed E-state index contributed by atoms with van der Waals surface area (Å²) in [6, 6.07) is 6.55. The van der Waals surface area contributed by atoms with E-state index in [2.05, 4.69) is 33.2 Å². The minimum atomic E-state index is -0.171. The van der Waals surface area contributed by atoms with Crippen molar-refractivity contribution in [3.63, 3.8) is 0 Å². The molecule has 7 heteroatoms. The van der Waals surface area contributed by atoms with E-state index in [9.17, 15) is 9.59 Å². The number of carbonyl (C=O) groups excluding carboxylic acids is 1. The number of pyridine rings is 1. The lowest BCUT2D eigenvalue weighted by atomic mass is 9.92. The van der Waals surface area contributed by atoms with Crippen LogP contribution in [0.2, 0.25) is 0 Å². The van der Waals surface area contributed by atoms with Crippen LogP contribution >= 0.6 is 11.3 Å². The van der Waals surface area contributed by atoms with Crippen LogP contribution in [0.4, 0.5) is 5.69 Å². The van der Waals surface area contributed by atoms with Gasteiger partial charge in [-0.15, -0.1) is 11.3 Å². The summed E-state index contributed by atoms with van der Waals surface area (Å²) in [7, 11) is 0. The number of carbonyl (C=O) groups is 1. The second kappa shape index (κ2) is 10.6. The van der Waals surface area contributed by atoms with Crippen LogP contribution < -0.4 is 15.8 Å². The molecule has 2 aromatic heterocycles. The Morgan fingerprint density at radius 1 is 1.18 bits per heavy atom. The van der Waals surface area contributed by atoms with Gasteiger partial charge in [-0.2, -0.15) is 0 Å². The van der Waals surface area contributed by atoms with Crippen LogP contribution in [-0.4, -0.2) is 28.5 Å². The standard InChI is InChI=1S/C27H34N4O2S/c1-5-31(21-9-7-6-8-10-21)25-13-20(24-15-34-16-29-24)12-22(19(25)4)26(32)28-14-23-17(2)11-18(3)30-27(23)33/h11-13,15-16,21H,5-10,14H2,1-4H3,(H,28,32)(H,30,33). The zero-order valence-electron chi connectivity index (χ0n) is 20.5. The van der Waals surface area contributed by atoms with Crippen molar-refractivity contribution < 1.29 is 4.79 Å². The van der Waals surface area contributed by atoms with E-state index >= 15 is 0 Å². The van der Waals surface area contributed by atoms with E-state index in [1.165, 1.54) is 32.1 Å². The van der Waals surface area contributed by atoms with Crippen molar-refractivity contribution in [3.8, 4) is 11.3 Å². The molecule has 2 N–H and O–H groups in total. The Hall–Kier alpha value is -2.93. The Morgan fingerprint density at radius 2 is 1.94 bits per heavy atom. The fourth-order valence-corrected chi connectivity index (χ4v) is 5.68. The van der Waals surface area contributed by atoms with Gasteiger partial charge in [0.15, 0.2) is 0 Å². The van der Waals surface area contributed by atoms with Gasteiger partial charge in [0.1, 0.15) is 0 Å². The number of hydrogen-bond donors (Lipinski definition) is 2. The molecule has 0 unspecified atom stereocenters. The first-order valence-corrected chi connectivity index (χ1v) is 13.1. The van der Waals surface area contributed by atoms with Gasteiger partial charge in [0.25, 0.3) is 11.5 Å². The van der Waals surface area contributed by atoms with E-state index < -0.39 is 0 Å². The molecular weight excluding hydrogens is 444 g/mol. The summed E-state index contributed by atoms with van der Waals surface area (Å²) in [4.78, 5) is 35.7. The molecule has 0 spiro atoms. The maximum Gasteiger partial charge on any atom is 0.253 e. The third kappa shape index (κ3) is 5.09. The van der Waals surface area contributed by atoms with Gasteiger partial charge in [0.2, 0.25) is 0 Å². The topological polar surface area (TPSA) is 78.1 Å². The smallest absolute Gasteiger partial charge is 0.253 e. The Morgan fingerprint density at radius 3 is 2.59 bits per heavy atom. The number of nitrogens with one attached hydrogen (secondary N) is 2. The van der Waals surface area contributed by atoms with Gasteiger partial charge in [-0.1, -0.05) is 19.3 Å². The number of H-pyrrole nitrogens is 1. The predicted molar refractivity (Wildman–Crippen MR) is 140 cm³/mol. The van der Waals surface area contributed by atoms with Crippen molar-refractivity contribution in [3.05, 3.63) is 67.4 Å². The summed E-state index contributed by atoms with van der Waals surface area (Å²) in [5.74, 6) is -0.171. The van der Waals surface area contributed by atoms with E-state index in [0.29, 0.717) is 17.2 Å². The monoisotopic (exact) mass is 478 g/mol. The van der Waals surface area contributed by atoms with Crippen molar-refractivity contribution in [1.29, 1.82) is 0 Å².